The van der Waals surface area contributed by atoms with Crippen LogP contribution < -0.4 is 4.74 Å². The molecule has 1 N–H and O–H groups in total. The largest absolute Gasteiger partial charge is 0.493 e. The summed E-state index contributed by atoms with van der Waals surface area (Å²) in [5, 5.41) is 10.8. The Morgan fingerprint density at radius 1 is 1.14 bits per heavy atom. The molecule has 3 rings (SSSR count). The normalized spacial score (nSPS) is 12.1. The average molecular weight is 398 g/mol. The molecule has 0 aliphatic rings. The van der Waals surface area contributed by atoms with Crippen LogP contribution in [0.25, 0.3) is 22.5 Å². The highest BCUT2D eigenvalue weighted by Crippen LogP contribution is 2.31. The van der Waals surface area contributed by atoms with Gasteiger partial charge in [-0.3, -0.25) is 0 Å². The molecule has 0 aliphatic carbocycles. The number of rotatable bonds is 10. The fraction of sp³-hybridized carbons (Fsp3) is 0.348. The molecule has 0 bridgehead atoms. The first-order valence-corrected chi connectivity index (χ1v) is 9.66. The maximum atomic E-state index is 11.3. The first-order valence-electron chi connectivity index (χ1n) is 9.66. The SMILES string of the molecule is C=C(C)C(=O)OCC(O)CCCCOc1ccc2cc(-c3ccc(C)o3)oc2c1. The summed E-state index contributed by atoms with van der Waals surface area (Å²) >= 11 is 0. The van der Waals surface area contributed by atoms with Gasteiger partial charge in [0.1, 0.15) is 23.7 Å². The number of carbonyl (C=O) groups is 1. The van der Waals surface area contributed by atoms with Crippen LogP contribution in [0.2, 0.25) is 0 Å². The number of unbranched alkanes of at least 4 members (excludes halogenated alkanes) is 1. The van der Waals surface area contributed by atoms with E-state index in [1.54, 1.807) is 6.92 Å². The van der Waals surface area contributed by atoms with E-state index in [9.17, 15) is 9.90 Å². The Morgan fingerprint density at radius 3 is 2.69 bits per heavy atom. The van der Waals surface area contributed by atoms with E-state index < -0.39 is 12.1 Å². The molecular formula is C23H26O6. The van der Waals surface area contributed by atoms with Gasteiger partial charge in [-0.2, -0.15) is 0 Å². The Kier molecular flexibility index (Phi) is 6.77. The molecule has 0 radical (unpaired) electrons. The van der Waals surface area contributed by atoms with Crippen molar-refractivity contribution >= 4 is 16.9 Å². The van der Waals surface area contributed by atoms with E-state index in [0.717, 1.165) is 35.3 Å². The molecule has 0 amide bonds. The highest BCUT2D eigenvalue weighted by molar-refractivity contribution is 5.87. The summed E-state index contributed by atoms with van der Waals surface area (Å²) in [5.74, 6) is 2.47. The Labute approximate surface area is 169 Å². The molecule has 1 atom stereocenters. The van der Waals surface area contributed by atoms with Crippen LogP contribution in [-0.2, 0) is 9.53 Å². The van der Waals surface area contributed by atoms with Gasteiger partial charge in [0.25, 0.3) is 0 Å². The highest BCUT2D eigenvalue weighted by atomic mass is 16.5. The number of aryl methyl sites for hydroxylation is 1. The number of hydrogen-bond donors (Lipinski definition) is 1. The highest BCUT2D eigenvalue weighted by Gasteiger charge is 2.11. The van der Waals surface area contributed by atoms with Crippen molar-refractivity contribution in [1.29, 1.82) is 0 Å². The average Bonchev–Trinajstić information content (AvgIpc) is 3.31. The third-order valence-electron chi connectivity index (χ3n) is 4.43. The molecule has 154 valence electrons. The fourth-order valence-corrected chi connectivity index (χ4v) is 2.84. The van der Waals surface area contributed by atoms with Gasteiger partial charge in [-0.1, -0.05) is 6.58 Å². The molecule has 29 heavy (non-hydrogen) atoms. The molecule has 2 heterocycles. The third-order valence-corrected chi connectivity index (χ3v) is 4.43. The minimum absolute atomic E-state index is 0.0146. The lowest BCUT2D eigenvalue weighted by molar-refractivity contribution is -0.142. The van der Waals surface area contributed by atoms with Gasteiger partial charge in [0, 0.05) is 17.0 Å². The maximum absolute atomic E-state index is 11.3. The maximum Gasteiger partial charge on any atom is 0.333 e. The van der Waals surface area contributed by atoms with E-state index in [2.05, 4.69) is 6.58 Å². The van der Waals surface area contributed by atoms with Gasteiger partial charge in [0.2, 0.25) is 0 Å². The predicted molar refractivity (Wildman–Crippen MR) is 110 cm³/mol. The summed E-state index contributed by atoms with van der Waals surface area (Å²) in [5.41, 5.74) is 1.06. The smallest absolute Gasteiger partial charge is 0.333 e. The van der Waals surface area contributed by atoms with Gasteiger partial charge in [-0.25, -0.2) is 4.79 Å². The standard InChI is InChI=1S/C23H26O6/c1-15(2)23(25)27-14-18(24)6-4-5-11-26-19-9-8-17-12-22(29-21(17)13-19)20-10-7-16(3)28-20/h7-10,12-13,18,24H,1,4-6,11,14H2,2-3H3. The molecule has 1 unspecified atom stereocenters. The van der Waals surface area contributed by atoms with Gasteiger partial charge in [0.15, 0.2) is 11.5 Å². The van der Waals surface area contributed by atoms with Crippen molar-refractivity contribution in [1.82, 2.24) is 0 Å². The number of hydrogen-bond acceptors (Lipinski definition) is 6. The lowest BCUT2D eigenvalue weighted by atomic mass is 10.1. The van der Waals surface area contributed by atoms with Crippen LogP contribution in [0.3, 0.4) is 0 Å². The molecule has 6 heteroatoms. The van der Waals surface area contributed by atoms with Gasteiger partial charge in [-0.15, -0.1) is 0 Å². The second kappa shape index (κ2) is 9.47. The lowest BCUT2D eigenvalue weighted by Crippen LogP contribution is -2.19. The van der Waals surface area contributed by atoms with E-state index in [1.807, 2.05) is 43.3 Å². The van der Waals surface area contributed by atoms with Crippen molar-refractivity contribution in [3.05, 3.63) is 54.3 Å². The minimum Gasteiger partial charge on any atom is -0.493 e. The van der Waals surface area contributed by atoms with Crippen molar-refractivity contribution in [2.24, 2.45) is 0 Å². The molecule has 1 aromatic carbocycles. The van der Waals surface area contributed by atoms with Crippen molar-refractivity contribution in [2.45, 2.75) is 39.2 Å². The van der Waals surface area contributed by atoms with E-state index >= 15 is 0 Å². The van der Waals surface area contributed by atoms with Crippen molar-refractivity contribution < 1.29 is 28.2 Å². The molecule has 0 saturated heterocycles. The van der Waals surface area contributed by atoms with Gasteiger partial charge < -0.3 is 23.4 Å². The van der Waals surface area contributed by atoms with Crippen LogP contribution in [0.1, 0.15) is 31.9 Å². The summed E-state index contributed by atoms with van der Waals surface area (Å²) in [6.07, 6.45) is 1.40. The van der Waals surface area contributed by atoms with Crippen LogP contribution in [0.15, 0.2) is 57.4 Å². The number of furan rings is 2. The van der Waals surface area contributed by atoms with Gasteiger partial charge >= 0.3 is 5.97 Å². The Balaban J connectivity index is 1.43. The Hall–Kier alpha value is -2.99. The summed E-state index contributed by atoms with van der Waals surface area (Å²) in [4.78, 5) is 11.3. The van der Waals surface area contributed by atoms with Crippen LogP contribution >= 0.6 is 0 Å². The number of ether oxygens (including phenoxy) is 2. The van der Waals surface area contributed by atoms with Crippen molar-refractivity contribution in [3.8, 4) is 17.3 Å². The van der Waals surface area contributed by atoms with Crippen LogP contribution in [0.5, 0.6) is 5.75 Å². The van der Waals surface area contributed by atoms with Crippen molar-refractivity contribution in [2.75, 3.05) is 13.2 Å². The summed E-state index contributed by atoms with van der Waals surface area (Å²) in [7, 11) is 0. The topological polar surface area (TPSA) is 82.0 Å². The van der Waals surface area contributed by atoms with E-state index in [1.165, 1.54) is 0 Å². The summed E-state index contributed by atoms with van der Waals surface area (Å²) < 4.78 is 22.2. The third kappa shape index (κ3) is 5.74. The van der Waals surface area contributed by atoms with Gasteiger partial charge in [-0.05, 0) is 63.4 Å². The zero-order chi connectivity index (χ0) is 20.8. The molecule has 0 saturated carbocycles. The van der Waals surface area contributed by atoms with E-state index in [-0.39, 0.29) is 6.61 Å². The number of aliphatic hydroxyl groups excluding tert-OH is 1. The molecule has 3 aromatic rings. The first-order chi connectivity index (χ1) is 13.9. The monoisotopic (exact) mass is 398 g/mol. The number of benzene rings is 1. The van der Waals surface area contributed by atoms with E-state index in [0.29, 0.717) is 30.1 Å². The van der Waals surface area contributed by atoms with Gasteiger partial charge in [0.05, 0.1) is 12.7 Å². The zero-order valence-corrected chi connectivity index (χ0v) is 16.8. The molecule has 6 nitrogen and oxygen atoms in total. The second-order valence-corrected chi connectivity index (χ2v) is 7.10. The van der Waals surface area contributed by atoms with Crippen molar-refractivity contribution in [3.63, 3.8) is 0 Å². The number of carbonyl (C=O) groups excluding carboxylic acids is 1. The Morgan fingerprint density at radius 2 is 1.97 bits per heavy atom. The molecule has 0 fully saturated rings. The first kappa shape index (κ1) is 20.7. The molecule has 0 aliphatic heterocycles. The fourth-order valence-electron chi connectivity index (χ4n) is 2.84. The number of aliphatic hydroxyl groups is 1. The summed E-state index contributed by atoms with van der Waals surface area (Å²) in [6, 6.07) is 11.4. The lowest BCUT2D eigenvalue weighted by Gasteiger charge is -2.11. The van der Waals surface area contributed by atoms with E-state index in [4.69, 9.17) is 18.3 Å². The number of esters is 1. The minimum atomic E-state index is -0.679. The molecule has 0 spiro atoms. The van der Waals surface area contributed by atoms with Crippen LogP contribution in [0, 0.1) is 6.92 Å². The van der Waals surface area contributed by atoms with Crippen LogP contribution in [-0.4, -0.2) is 30.4 Å². The molecule has 2 aromatic heterocycles. The quantitative estimate of drug-likeness (QED) is 0.293. The summed E-state index contributed by atoms with van der Waals surface area (Å²) in [6.45, 7) is 7.48. The van der Waals surface area contributed by atoms with Crippen LogP contribution in [0.4, 0.5) is 0 Å². The number of fused-ring (bicyclic) bond motifs is 1. The Bertz CT molecular complexity index is 980. The zero-order valence-electron chi connectivity index (χ0n) is 16.8. The predicted octanol–water partition coefficient (Wildman–Crippen LogP) is 5.03. The molecular weight excluding hydrogens is 372 g/mol. The second-order valence-electron chi connectivity index (χ2n) is 7.10.